The minimum atomic E-state index is 0.387. The molecular weight excluding hydrogens is 216 g/mol. The molecule has 0 saturated carbocycles. The minimum Gasteiger partial charge on any atom is -0.384 e. The van der Waals surface area contributed by atoms with E-state index >= 15 is 0 Å². The quantitative estimate of drug-likeness (QED) is 0.743. The lowest BCUT2D eigenvalue weighted by atomic mass is 10.1. The van der Waals surface area contributed by atoms with Crippen LogP contribution in [0.5, 0.6) is 0 Å². The second-order valence-electron chi connectivity index (χ2n) is 4.15. The van der Waals surface area contributed by atoms with E-state index in [2.05, 4.69) is 39.3 Å². The average Bonchev–Trinajstić information content (AvgIpc) is 2.72. The van der Waals surface area contributed by atoms with Crippen LogP contribution in [0.4, 0.5) is 11.6 Å². The molecule has 0 saturated heterocycles. The van der Waals surface area contributed by atoms with Gasteiger partial charge in [0, 0.05) is 23.9 Å². The fourth-order valence-corrected chi connectivity index (χ4v) is 1.43. The van der Waals surface area contributed by atoms with Gasteiger partial charge in [0.2, 0.25) is 0 Å². The Bertz CT molecular complexity index is 490. The van der Waals surface area contributed by atoms with Gasteiger partial charge >= 0.3 is 0 Å². The van der Waals surface area contributed by atoms with Crippen LogP contribution in [0.25, 0.3) is 0 Å². The average molecular weight is 232 g/mol. The first-order valence-electron chi connectivity index (χ1n) is 5.50. The van der Waals surface area contributed by atoms with Crippen molar-refractivity contribution in [2.24, 2.45) is 0 Å². The summed E-state index contributed by atoms with van der Waals surface area (Å²) >= 11 is 0. The number of aromatic nitrogens is 4. The first-order chi connectivity index (χ1) is 8.16. The van der Waals surface area contributed by atoms with E-state index in [0.717, 1.165) is 17.1 Å². The third kappa shape index (κ3) is 2.72. The Morgan fingerprint density at radius 1 is 1.41 bits per heavy atom. The Morgan fingerprint density at radius 2 is 2.24 bits per heavy atom. The fraction of sp³-hybridized carbons (Fsp3) is 0.364. The van der Waals surface area contributed by atoms with E-state index < -0.39 is 0 Å². The standard InChI is InChI=1S/C11H16N6/c1-7(2)9-3-10(15-6-14-9)13-4-8-5-16-17-11(8)12/h3,5-7H,4H2,1-2H3,(H3,12,16,17)(H,13,14,15). The SMILES string of the molecule is CC(C)c1cc(NCc2cn[nH]c2N)ncn1. The third-order valence-corrected chi connectivity index (χ3v) is 2.49. The number of H-pyrrole nitrogens is 1. The van der Waals surface area contributed by atoms with Crippen LogP contribution in [-0.2, 0) is 6.54 Å². The molecular formula is C11H16N6. The molecule has 0 radical (unpaired) electrons. The van der Waals surface area contributed by atoms with Crippen LogP contribution < -0.4 is 11.1 Å². The summed E-state index contributed by atoms with van der Waals surface area (Å²) in [5, 5.41) is 9.74. The van der Waals surface area contributed by atoms with Gasteiger partial charge in [-0.3, -0.25) is 5.10 Å². The maximum Gasteiger partial charge on any atom is 0.129 e. The van der Waals surface area contributed by atoms with Crippen molar-refractivity contribution in [1.29, 1.82) is 0 Å². The first kappa shape index (κ1) is 11.4. The summed E-state index contributed by atoms with van der Waals surface area (Å²) in [5.41, 5.74) is 7.63. The molecule has 0 amide bonds. The molecule has 0 aliphatic rings. The summed E-state index contributed by atoms with van der Waals surface area (Å²) in [7, 11) is 0. The number of hydrogen-bond acceptors (Lipinski definition) is 5. The lowest BCUT2D eigenvalue weighted by molar-refractivity contribution is 0.814. The van der Waals surface area contributed by atoms with Crippen LogP contribution in [0, 0.1) is 0 Å². The Balaban J connectivity index is 2.04. The predicted octanol–water partition coefficient (Wildman–Crippen LogP) is 1.52. The van der Waals surface area contributed by atoms with E-state index in [1.165, 1.54) is 0 Å². The van der Waals surface area contributed by atoms with Crippen molar-refractivity contribution in [3.05, 3.63) is 29.8 Å². The van der Waals surface area contributed by atoms with Crippen molar-refractivity contribution in [2.75, 3.05) is 11.1 Å². The molecule has 0 atom stereocenters. The van der Waals surface area contributed by atoms with Gasteiger partial charge in [0.1, 0.15) is 18.0 Å². The Hall–Kier alpha value is -2.11. The highest BCUT2D eigenvalue weighted by Crippen LogP contribution is 2.15. The van der Waals surface area contributed by atoms with Crippen molar-refractivity contribution in [2.45, 2.75) is 26.3 Å². The number of nitrogens with two attached hydrogens (primary N) is 1. The van der Waals surface area contributed by atoms with Crippen LogP contribution in [0.15, 0.2) is 18.6 Å². The van der Waals surface area contributed by atoms with Crippen LogP contribution in [0.1, 0.15) is 31.0 Å². The molecule has 17 heavy (non-hydrogen) atoms. The van der Waals surface area contributed by atoms with Gasteiger partial charge in [-0.1, -0.05) is 13.8 Å². The number of anilines is 2. The molecule has 2 rings (SSSR count). The summed E-state index contributed by atoms with van der Waals surface area (Å²) < 4.78 is 0. The predicted molar refractivity (Wildman–Crippen MR) is 66.4 cm³/mol. The van der Waals surface area contributed by atoms with Gasteiger partial charge in [0.25, 0.3) is 0 Å². The van der Waals surface area contributed by atoms with E-state index in [9.17, 15) is 0 Å². The largest absolute Gasteiger partial charge is 0.384 e. The second-order valence-corrected chi connectivity index (χ2v) is 4.15. The van der Waals surface area contributed by atoms with Crippen LogP contribution in [0.2, 0.25) is 0 Å². The molecule has 0 bridgehead atoms. The van der Waals surface area contributed by atoms with Crippen LogP contribution in [0.3, 0.4) is 0 Å². The van der Waals surface area contributed by atoms with Gasteiger partial charge < -0.3 is 11.1 Å². The smallest absolute Gasteiger partial charge is 0.129 e. The molecule has 0 spiro atoms. The summed E-state index contributed by atoms with van der Waals surface area (Å²) in [6.07, 6.45) is 3.27. The van der Waals surface area contributed by atoms with Crippen molar-refractivity contribution in [3.63, 3.8) is 0 Å². The lowest BCUT2D eigenvalue weighted by Gasteiger charge is -2.08. The van der Waals surface area contributed by atoms with Crippen molar-refractivity contribution in [3.8, 4) is 0 Å². The number of rotatable bonds is 4. The normalized spacial score (nSPS) is 10.8. The molecule has 2 heterocycles. The number of nitrogens with zero attached hydrogens (tertiary/aromatic N) is 3. The lowest BCUT2D eigenvalue weighted by Crippen LogP contribution is -2.04. The molecule has 0 aromatic carbocycles. The van der Waals surface area contributed by atoms with Gasteiger partial charge in [0.15, 0.2) is 0 Å². The van der Waals surface area contributed by atoms with Crippen molar-refractivity contribution in [1.82, 2.24) is 20.2 Å². The van der Waals surface area contributed by atoms with E-state index in [1.54, 1.807) is 12.5 Å². The molecule has 0 aliphatic carbocycles. The van der Waals surface area contributed by atoms with Gasteiger partial charge in [-0.25, -0.2) is 9.97 Å². The van der Waals surface area contributed by atoms with E-state index in [0.29, 0.717) is 18.3 Å². The van der Waals surface area contributed by atoms with Gasteiger partial charge in [0.05, 0.1) is 6.20 Å². The maximum atomic E-state index is 5.69. The molecule has 2 aromatic heterocycles. The summed E-state index contributed by atoms with van der Waals surface area (Å²) in [6.45, 7) is 4.79. The molecule has 90 valence electrons. The van der Waals surface area contributed by atoms with Crippen molar-refractivity contribution >= 4 is 11.6 Å². The molecule has 6 nitrogen and oxygen atoms in total. The number of aromatic amines is 1. The van der Waals surface area contributed by atoms with Crippen LogP contribution >= 0.6 is 0 Å². The molecule has 2 aromatic rings. The summed E-state index contributed by atoms with van der Waals surface area (Å²) in [5.74, 6) is 1.76. The number of hydrogen-bond donors (Lipinski definition) is 3. The molecule has 0 unspecified atom stereocenters. The molecule has 4 N–H and O–H groups in total. The van der Waals surface area contributed by atoms with E-state index in [1.807, 2.05) is 6.07 Å². The zero-order valence-electron chi connectivity index (χ0n) is 9.94. The van der Waals surface area contributed by atoms with Crippen LogP contribution in [-0.4, -0.2) is 20.2 Å². The number of nitrogen functional groups attached to an aromatic ring is 1. The molecule has 0 aliphatic heterocycles. The highest BCUT2D eigenvalue weighted by atomic mass is 15.1. The highest BCUT2D eigenvalue weighted by Gasteiger charge is 2.04. The zero-order valence-corrected chi connectivity index (χ0v) is 9.94. The maximum absolute atomic E-state index is 5.69. The van der Waals surface area contributed by atoms with E-state index in [4.69, 9.17) is 5.73 Å². The second kappa shape index (κ2) is 4.82. The summed E-state index contributed by atoms with van der Waals surface area (Å²) in [4.78, 5) is 8.36. The topological polar surface area (TPSA) is 92.5 Å². The Kier molecular flexibility index (Phi) is 3.22. The monoisotopic (exact) mass is 232 g/mol. The van der Waals surface area contributed by atoms with E-state index in [-0.39, 0.29) is 0 Å². The summed E-state index contributed by atoms with van der Waals surface area (Å²) in [6, 6.07) is 1.95. The van der Waals surface area contributed by atoms with Gasteiger partial charge in [-0.2, -0.15) is 5.10 Å². The Morgan fingerprint density at radius 3 is 2.88 bits per heavy atom. The zero-order chi connectivity index (χ0) is 12.3. The first-order valence-corrected chi connectivity index (χ1v) is 5.50. The van der Waals surface area contributed by atoms with Gasteiger partial charge in [-0.15, -0.1) is 0 Å². The molecule has 6 heteroatoms. The fourth-order valence-electron chi connectivity index (χ4n) is 1.43. The highest BCUT2D eigenvalue weighted by molar-refractivity contribution is 5.42. The third-order valence-electron chi connectivity index (χ3n) is 2.49. The number of nitrogens with one attached hydrogen (secondary N) is 2. The molecule has 0 fully saturated rings. The Labute approximate surface area is 99.7 Å². The minimum absolute atomic E-state index is 0.387. The van der Waals surface area contributed by atoms with Crippen molar-refractivity contribution < 1.29 is 0 Å². The van der Waals surface area contributed by atoms with Gasteiger partial charge in [-0.05, 0) is 5.92 Å².